The van der Waals surface area contributed by atoms with Crippen LogP contribution in [0, 0.1) is 5.82 Å². The van der Waals surface area contributed by atoms with E-state index in [9.17, 15) is 30.8 Å². The van der Waals surface area contributed by atoms with Gasteiger partial charge in [0.2, 0.25) is 10.0 Å². The summed E-state index contributed by atoms with van der Waals surface area (Å²) >= 11 is 12.0. The number of likely N-dealkylation sites (tertiary alicyclic amines) is 1. The van der Waals surface area contributed by atoms with Gasteiger partial charge in [-0.15, -0.1) is 0 Å². The first-order chi connectivity index (χ1) is 18.6. The molecule has 5 rings (SSSR count). The number of rotatable bonds is 8. The SMILES string of the molecule is O=C(NS(=O)(=O)C1CC1)c1cc(C2CC2)c(CN2CC(Oc3cc(Cl)cc(Cl)c3)C2)cc1F.O=C(O)C(F)(F)F. The molecule has 1 heterocycles. The zero-order chi connectivity index (χ0) is 29.4. The summed E-state index contributed by atoms with van der Waals surface area (Å²) in [5.41, 5.74) is 1.52. The first kappa shape index (κ1) is 30.4. The highest BCUT2D eigenvalue weighted by molar-refractivity contribution is 7.91. The summed E-state index contributed by atoms with van der Waals surface area (Å²) in [7, 11) is -3.73. The summed E-state index contributed by atoms with van der Waals surface area (Å²) in [6.07, 6.45) is -2.10. The van der Waals surface area contributed by atoms with Gasteiger partial charge < -0.3 is 9.84 Å². The maximum atomic E-state index is 14.8. The fourth-order valence-electron chi connectivity index (χ4n) is 4.12. The van der Waals surface area contributed by atoms with Gasteiger partial charge in [-0.2, -0.15) is 13.2 Å². The van der Waals surface area contributed by atoms with E-state index in [2.05, 4.69) is 4.90 Å². The number of carboxylic acids is 1. The molecule has 1 aliphatic heterocycles. The molecule has 0 bridgehead atoms. The van der Waals surface area contributed by atoms with Gasteiger partial charge in [0.25, 0.3) is 5.91 Å². The van der Waals surface area contributed by atoms with Gasteiger partial charge in [0.05, 0.1) is 10.8 Å². The number of halogens is 6. The van der Waals surface area contributed by atoms with E-state index in [1.807, 2.05) is 4.72 Å². The predicted molar refractivity (Wildman–Crippen MR) is 138 cm³/mol. The third-order valence-electron chi connectivity index (χ3n) is 6.39. The van der Waals surface area contributed by atoms with Crippen molar-refractivity contribution in [1.82, 2.24) is 9.62 Å². The topological polar surface area (TPSA) is 113 Å². The Balaban J connectivity index is 0.000000470. The Morgan fingerprint density at radius 1 is 1.02 bits per heavy atom. The fraction of sp³-hybridized carbons (Fsp3) is 0.440. The van der Waals surface area contributed by atoms with Gasteiger partial charge in [0.1, 0.15) is 17.7 Å². The van der Waals surface area contributed by atoms with Crippen LogP contribution in [-0.4, -0.2) is 60.9 Å². The number of alkyl halides is 3. The van der Waals surface area contributed by atoms with Crippen molar-refractivity contribution in [2.45, 2.75) is 55.7 Å². The lowest BCUT2D eigenvalue weighted by Gasteiger charge is -2.39. The Hall–Kier alpha value is -2.61. The van der Waals surface area contributed by atoms with Gasteiger partial charge in [-0.05, 0) is 73.1 Å². The highest BCUT2D eigenvalue weighted by Crippen LogP contribution is 2.43. The number of hydrogen-bond acceptors (Lipinski definition) is 6. The molecule has 0 aromatic heterocycles. The van der Waals surface area contributed by atoms with Crippen molar-refractivity contribution < 1.29 is 45.4 Å². The molecule has 218 valence electrons. The molecule has 2 aromatic rings. The molecule has 2 aromatic carbocycles. The summed E-state index contributed by atoms with van der Waals surface area (Å²) in [6.45, 7) is 1.86. The largest absolute Gasteiger partial charge is 0.490 e. The molecule has 8 nitrogen and oxygen atoms in total. The van der Waals surface area contributed by atoms with Crippen LogP contribution in [0.1, 0.15) is 53.1 Å². The van der Waals surface area contributed by atoms with Crippen molar-refractivity contribution in [2.75, 3.05) is 13.1 Å². The van der Waals surface area contributed by atoms with Crippen LogP contribution in [0.25, 0.3) is 0 Å². The Morgan fingerprint density at radius 2 is 1.60 bits per heavy atom. The standard InChI is InChI=1S/C23H23Cl2FN2O4S.C2HF3O2/c24-15-6-16(25)8-17(7-15)32-18-11-28(12-18)10-14-5-22(26)21(9-20(14)13-1-2-13)23(29)27-33(30,31)19-3-4-19;3-2(4,5)1(6)7/h5-9,13,18-19H,1-4,10-12H2,(H,27,29);(H,6,7). The number of carbonyl (C=O) groups excluding carboxylic acids is 1. The highest BCUT2D eigenvalue weighted by Gasteiger charge is 2.39. The third-order valence-corrected chi connectivity index (χ3v) is 8.64. The number of ether oxygens (including phenoxy) is 1. The smallest absolute Gasteiger partial charge is 0.488 e. The van der Waals surface area contributed by atoms with Crippen LogP contribution in [0.5, 0.6) is 5.75 Å². The summed E-state index contributed by atoms with van der Waals surface area (Å²) in [5, 5.41) is 7.59. The van der Waals surface area contributed by atoms with E-state index in [-0.39, 0.29) is 17.6 Å². The highest BCUT2D eigenvalue weighted by atomic mass is 35.5. The molecule has 2 aliphatic carbocycles. The Kier molecular flexibility index (Phi) is 8.88. The number of sulfonamides is 1. The molecule has 0 unspecified atom stereocenters. The van der Waals surface area contributed by atoms with Crippen molar-refractivity contribution in [3.05, 3.63) is 62.9 Å². The minimum atomic E-state index is -5.08. The van der Waals surface area contributed by atoms with Crippen LogP contribution < -0.4 is 9.46 Å². The molecule has 40 heavy (non-hydrogen) atoms. The van der Waals surface area contributed by atoms with Crippen LogP contribution in [-0.2, 0) is 21.4 Å². The van der Waals surface area contributed by atoms with Crippen LogP contribution >= 0.6 is 23.2 Å². The quantitative estimate of drug-likeness (QED) is 0.391. The second-order valence-corrected chi connectivity index (χ2v) is 12.7. The Bertz CT molecular complexity index is 1390. The summed E-state index contributed by atoms with van der Waals surface area (Å²) in [6, 6.07) is 7.97. The second kappa shape index (κ2) is 11.7. The zero-order valence-electron chi connectivity index (χ0n) is 20.7. The molecule has 0 spiro atoms. The maximum Gasteiger partial charge on any atom is 0.490 e. The van der Waals surface area contributed by atoms with Crippen molar-refractivity contribution in [2.24, 2.45) is 0 Å². The Labute approximate surface area is 237 Å². The number of carbonyl (C=O) groups is 2. The van der Waals surface area contributed by atoms with Gasteiger partial charge in [-0.1, -0.05) is 23.2 Å². The molecule has 0 atom stereocenters. The molecule has 1 amide bonds. The summed E-state index contributed by atoms with van der Waals surface area (Å²) in [5.74, 6) is -3.48. The Morgan fingerprint density at radius 3 is 2.10 bits per heavy atom. The number of amides is 1. The first-order valence-electron chi connectivity index (χ1n) is 12.2. The van der Waals surface area contributed by atoms with E-state index in [4.69, 9.17) is 37.8 Å². The minimum Gasteiger partial charge on any atom is -0.488 e. The molecule has 3 fully saturated rings. The van der Waals surface area contributed by atoms with E-state index in [1.54, 1.807) is 18.2 Å². The molecular formula is C25H24Cl2F4N2O6S. The molecule has 3 aliphatic rings. The van der Waals surface area contributed by atoms with Crippen LogP contribution in [0.15, 0.2) is 30.3 Å². The average Bonchev–Trinajstić information content (AvgIpc) is 3.69. The van der Waals surface area contributed by atoms with Gasteiger partial charge in [0, 0.05) is 29.7 Å². The van der Waals surface area contributed by atoms with E-state index in [0.717, 1.165) is 24.0 Å². The third kappa shape index (κ3) is 7.99. The number of aliphatic carboxylic acids is 1. The molecule has 0 radical (unpaired) electrons. The van der Waals surface area contributed by atoms with E-state index < -0.39 is 39.1 Å². The zero-order valence-corrected chi connectivity index (χ0v) is 23.0. The number of nitrogens with zero attached hydrogens (tertiary/aromatic N) is 1. The number of carboxylic acid groups (broad SMARTS) is 1. The van der Waals surface area contributed by atoms with Crippen molar-refractivity contribution in [1.29, 1.82) is 0 Å². The molecule has 2 saturated carbocycles. The van der Waals surface area contributed by atoms with Crippen molar-refractivity contribution >= 4 is 45.1 Å². The minimum absolute atomic E-state index is 0.0218. The predicted octanol–water partition coefficient (Wildman–Crippen LogP) is 5.13. The lowest BCUT2D eigenvalue weighted by molar-refractivity contribution is -0.192. The molecule has 1 saturated heterocycles. The van der Waals surface area contributed by atoms with Crippen molar-refractivity contribution in [3.8, 4) is 5.75 Å². The van der Waals surface area contributed by atoms with E-state index in [0.29, 0.717) is 48.3 Å². The number of nitrogens with one attached hydrogen (secondary N) is 1. The van der Waals surface area contributed by atoms with Gasteiger partial charge in [-0.25, -0.2) is 22.3 Å². The molecule has 15 heteroatoms. The molecular weight excluding hydrogens is 603 g/mol. The molecule has 2 N–H and O–H groups in total. The fourth-order valence-corrected chi connectivity index (χ4v) is 5.92. The maximum absolute atomic E-state index is 14.8. The average molecular weight is 627 g/mol. The number of hydrogen-bond donors (Lipinski definition) is 2. The van der Waals surface area contributed by atoms with Crippen LogP contribution in [0.3, 0.4) is 0 Å². The van der Waals surface area contributed by atoms with E-state index >= 15 is 0 Å². The first-order valence-corrected chi connectivity index (χ1v) is 14.5. The second-order valence-electron chi connectivity index (χ2n) is 9.82. The van der Waals surface area contributed by atoms with Gasteiger partial charge in [-0.3, -0.25) is 9.69 Å². The normalized spacial score (nSPS) is 17.9. The monoisotopic (exact) mass is 626 g/mol. The number of benzene rings is 2. The summed E-state index contributed by atoms with van der Waals surface area (Å²) in [4.78, 5) is 23.5. The van der Waals surface area contributed by atoms with Gasteiger partial charge in [0.15, 0.2) is 0 Å². The lowest BCUT2D eigenvalue weighted by atomic mass is 9.97. The van der Waals surface area contributed by atoms with E-state index in [1.165, 1.54) is 12.1 Å². The van der Waals surface area contributed by atoms with Crippen LogP contribution in [0.4, 0.5) is 17.6 Å². The summed E-state index contributed by atoms with van der Waals surface area (Å²) < 4.78 is 78.7. The van der Waals surface area contributed by atoms with Crippen LogP contribution in [0.2, 0.25) is 10.0 Å². The van der Waals surface area contributed by atoms with Crippen molar-refractivity contribution in [3.63, 3.8) is 0 Å². The van der Waals surface area contributed by atoms with Gasteiger partial charge >= 0.3 is 12.1 Å². The lowest BCUT2D eigenvalue weighted by Crippen LogP contribution is -2.53.